The molecule has 1 atom stereocenters. The molecule has 1 heterocycles. The first-order chi connectivity index (χ1) is 13.8. The molecule has 156 valence electrons. The minimum absolute atomic E-state index is 0.161. The van der Waals surface area contributed by atoms with E-state index in [-0.39, 0.29) is 12.5 Å². The maximum Gasteiger partial charge on any atom is 0.243 e. The molecule has 0 aliphatic carbocycles. The van der Waals surface area contributed by atoms with Gasteiger partial charge in [-0.15, -0.1) is 0 Å². The lowest BCUT2D eigenvalue weighted by molar-refractivity contribution is -0.131. The Labute approximate surface area is 173 Å². The van der Waals surface area contributed by atoms with Crippen LogP contribution in [0.4, 0.5) is 5.69 Å². The van der Waals surface area contributed by atoms with Gasteiger partial charge in [0.1, 0.15) is 18.9 Å². The summed E-state index contributed by atoms with van der Waals surface area (Å²) in [6.07, 6.45) is 3.18. The first-order valence-electron chi connectivity index (χ1n) is 9.85. The summed E-state index contributed by atoms with van der Waals surface area (Å²) in [7, 11) is -3.59. The van der Waals surface area contributed by atoms with Crippen LogP contribution in [-0.2, 0) is 21.4 Å². The number of ether oxygens (including phenoxy) is 1. The van der Waals surface area contributed by atoms with Gasteiger partial charge in [0, 0.05) is 13.1 Å². The SMILES string of the molecule is C[C@H]1CCCN(C(=O)CN(c2ccc(OCc3ccccc3)cc2)S(C)(=O)=O)C1. The molecule has 6 nitrogen and oxygen atoms in total. The number of hydrogen-bond donors (Lipinski definition) is 0. The summed E-state index contributed by atoms with van der Waals surface area (Å²) >= 11 is 0. The molecule has 0 unspecified atom stereocenters. The second-order valence-electron chi connectivity index (χ2n) is 7.62. The van der Waals surface area contributed by atoms with E-state index in [0.29, 0.717) is 37.1 Å². The van der Waals surface area contributed by atoms with Crippen molar-refractivity contribution in [3.05, 3.63) is 60.2 Å². The molecule has 7 heteroatoms. The number of hydrogen-bond acceptors (Lipinski definition) is 4. The fraction of sp³-hybridized carbons (Fsp3) is 0.409. The van der Waals surface area contributed by atoms with E-state index < -0.39 is 10.0 Å². The average molecular weight is 417 g/mol. The van der Waals surface area contributed by atoms with E-state index in [4.69, 9.17) is 4.74 Å². The third-order valence-electron chi connectivity index (χ3n) is 5.06. The van der Waals surface area contributed by atoms with Crippen LogP contribution in [0.15, 0.2) is 54.6 Å². The van der Waals surface area contributed by atoms with Crippen LogP contribution in [0.3, 0.4) is 0 Å². The molecule has 0 aromatic heterocycles. The number of likely N-dealkylation sites (tertiary alicyclic amines) is 1. The lowest BCUT2D eigenvalue weighted by Crippen LogP contribution is -2.46. The van der Waals surface area contributed by atoms with E-state index in [2.05, 4.69) is 6.92 Å². The number of nitrogens with zero attached hydrogens (tertiary/aromatic N) is 2. The quantitative estimate of drug-likeness (QED) is 0.695. The summed E-state index contributed by atoms with van der Waals surface area (Å²) in [5.74, 6) is 0.925. The van der Waals surface area contributed by atoms with Crippen LogP contribution in [0.5, 0.6) is 5.75 Å². The third kappa shape index (κ3) is 5.97. The summed E-state index contributed by atoms with van der Waals surface area (Å²) in [5, 5.41) is 0. The van der Waals surface area contributed by atoms with Crippen LogP contribution in [-0.4, -0.2) is 45.1 Å². The lowest BCUT2D eigenvalue weighted by Gasteiger charge is -2.33. The van der Waals surface area contributed by atoms with Crippen LogP contribution in [0.2, 0.25) is 0 Å². The first-order valence-corrected chi connectivity index (χ1v) is 11.7. The topological polar surface area (TPSA) is 66.9 Å². The number of carbonyl (C=O) groups is 1. The standard InChI is InChI=1S/C22H28N2O4S/c1-18-7-6-14-23(15-18)22(25)16-24(29(2,26)27)20-10-12-21(13-11-20)28-17-19-8-4-3-5-9-19/h3-5,8-13,18H,6-7,14-17H2,1-2H3/t18-/m0/s1. The monoisotopic (exact) mass is 416 g/mol. The predicted octanol–water partition coefficient (Wildman–Crippen LogP) is 3.29. The van der Waals surface area contributed by atoms with E-state index in [1.54, 1.807) is 29.2 Å². The van der Waals surface area contributed by atoms with Crippen molar-refractivity contribution in [3.63, 3.8) is 0 Å². The van der Waals surface area contributed by atoms with Gasteiger partial charge >= 0.3 is 0 Å². The highest BCUT2D eigenvalue weighted by atomic mass is 32.2. The Morgan fingerprint density at radius 2 is 1.83 bits per heavy atom. The molecular formula is C22H28N2O4S. The molecule has 2 aromatic rings. The number of rotatable bonds is 7. The molecule has 1 fully saturated rings. The Morgan fingerprint density at radius 3 is 2.45 bits per heavy atom. The van der Waals surface area contributed by atoms with Crippen LogP contribution < -0.4 is 9.04 Å². The van der Waals surface area contributed by atoms with E-state index in [9.17, 15) is 13.2 Å². The van der Waals surface area contributed by atoms with Crippen molar-refractivity contribution in [3.8, 4) is 5.75 Å². The number of sulfonamides is 1. The van der Waals surface area contributed by atoms with Gasteiger partial charge < -0.3 is 9.64 Å². The number of piperidine rings is 1. The van der Waals surface area contributed by atoms with Crippen molar-refractivity contribution < 1.29 is 17.9 Å². The Kier molecular flexibility index (Phi) is 6.79. The molecular weight excluding hydrogens is 388 g/mol. The summed E-state index contributed by atoms with van der Waals surface area (Å²) < 4.78 is 31.6. The second-order valence-corrected chi connectivity index (χ2v) is 9.53. The molecule has 0 spiro atoms. The summed E-state index contributed by atoms with van der Waals surface area (Å²) in [6.45, 7) is 3.73. The molecule has 1 saturated heterocycles. The van der Waals surface area contributed by atoms with Gasteiger partial charge in [0.25, 0.3) is 0 Å². The van der Waals surface area contributed by atoms with E-state index in [1.165, 1.54) is 0 Å². The van der Waals surface area contributed by atoms with Crippen molar-refractivity contribution in [2.24, 2.45) is 5.92 Å². The van der Waals surface area contributed by atoms with E-state index >= 15 is 0 Å². The zero-order valence-corrected chi connectivity index (χ0v) is 17.8. The van der Waals surface area contributed by atoms with Crippen LogP contribution in [0.25, 0.3) is 0 Å². The van der Waals surface area contributed by atoms with Crippen LogP contribution in [0, 0.1) is 5.92 Å². The largest absolute Gasteiger partial charge is 0.489 e. The molecule has 0 radical (unpaired) electrons. The first kappa shape index (κ1) is 21.2. The molecule has 29 heavy (non-hydrogen) atoms. The predicted molar refractivity (Wildman–Crippen MR) is 114 cm³/mol. The number of benzene rings is 2. The number of carbonyl (C=O) groups excluding carboxylic acids is 1. The fourth-order valence-electron chi connectivity index (χ4n) is 3.49. The second kappa shape index (κ2) is 9.31. The minimum Gasteiger partial charge on any atom is -0.489 e. The van der Waals surface area contributed by atoms with E-state index in [1.807, 2.05) is 30.3 Å². The molecule has 1 amide bonds. The lowest BCUT2D eigenvalue weighted by atomic mass is 10.0. The zero-order valence-electron chi connectivity index (χ0n) is 17.0. The summed E-state index contributed by atoms with van der Waals surface area (Å²) in [4.78, 5) is 14.5. The van der Waals surface area contributed by atoms with Gasteiger partial charge in [-0.3, -0.25) is 9.10 Å². The highest BCUT2D eigenvalue weighted by molar-refractivity contribution is 7.92. The Bertz CT molecular complexity index is 914. The Morgan fingerprint density at radius 1 is 1.14 bits per heavy atom. The highest BCUT2D eigenvalue weighted by Crippen LogP contribution is 2.23. The number of anilines is 1. The molecule has 3 rings (SSSR count). The van der Waals surface area contributed by atoms with Gasteiger partial charge in [0.15, 0.2) is 0 Å². The molecule has 1 aliphatic rings. The molecule has 1 aliphatic heterocycles. The van der Waals surface area contributed by atoms with Gasteiger partial charge in [-0.25, -0.2) is 8.42 Å². The van der Waals surface area contributed by atoms with Crippen molar-refractivity contribution in [2.45, 2.75) is 26.4 Å². The average Bonchev–Trinajstić information content (AvgIpc) is 2.71. The summed E-state index contributed by atoms with van der Waals surface area (Å²) in [6, 6.07) is 16.6. The van der Waals surface area contributed by atoms with Gasteiger partial charge in [0.05, 0.1) is 11.9 Å². The van der Waals surface area contributed by atoms with Crippen LogP contribution in [0.1, 0.15) is 25.3 Å². The Balaban J connectivity index is 1.68. The highest BCUT2D eigenvalue weighted by Gasteiger charge is 2.26. The molecule has 0 bridgehead atoms. The molecule has 0 saturated carbocycles. The minimum atomic E-state index is -3.59. The van der Waals surface area contributed by atoms with Crippen molar-refractivity contribution >= 4 is 21.6 Å². The molecule has 0 N–H and O–H groups in total. The normalized spacial score (nSPS) is 17.0. The summed E-state index contributed by atoms with van der Waals surface area (Å²) in [5.41, 5.74) is 1.51. The van der Waals surface area contributed by atoms with Gasteiger partial charge in [-0.05, 0) is 48.6 Å². The Hall–Kier alpha value is -2.54. The van der Waals surface area contributed by atoms with Gasteiger partial charge in [-0.1, -0.05) is 37.3 Å². The van der Waals surface area contributed by atoms with Crippen molar-refractivity contribution in [1.29, 1.82) is 0 Å². The zero-order chi connectivity index (χ0) is 20.9. The number of amides is 1. The molecule has 2 aromatic carbocycles. The van der Waals surface area contributed by atoms with Gasteiger partial charge in [0.2, 0.25) is 15.9 Å². The van der Waals surface area contributed by atoms with E-state index in [0.717, 1.165) is 29.0 Å². The maximum atomic E-state index is 12.7. The van der Waals surface area contributed by atoms with Crippen molar-refractivity contribution in [2.75, 3.05) is 30.2 Å². The van der Waals surface area contributed by atoms with Crippen LogP contribution >= 0.6 is 0 Å². The fourth-order valence-corrected chi connectivity index (χ4v) is 4.34. The van der Waals surface area contributed by atoms with Gasteiger partial charge in [-0.2, -0.15) is 0 Å². The maximum absolute atomic E-state index is 12.7. The van der Waals surface area contributed by atoms with Crippen molar-refractivity contribution in [1.82, 2.24) is 4.90 Å². The smallest absolute Gasteiger partial charge is 0.243 e. The third-order valence-corrected chi connectivity index (χ3v) is 6.20.